The molecule has 9 heteroatoms. The lowest BCUT2D eigenvalue weighted by atomic mass is 10.0. The predicted molar refractivity (Wildman–Crippen MR) is 101 cm³/mol. The highest BCUT2D eigenvalue weighted by molar-refractivity contribution is 8.76. The quantitative estimate of drug-likeness (QED) is 0.245. The standard InChI is InChI=1S/C14H26N4O2S3/c15-5-7-22-23-8-6-16-12(19)4-2-1-3-11-13-10(9-21-11)17-14(20)18-13/h10-11,13H,1-9,15H2,(H,16,19)(H2,17,18,20)/t10-,11-,13-/m0/s1. The number of urea groups is 1. The Morgan fingerprint density at radius 3 is 2.96 bits per heavy atom. The van der Waals surface area contributed by atoms with E-state index in [2.05, 4.69) is 16.0 Å². The normalized spacial score (nSPS) is 25.8. The van der Waals surface area contributed by atoms with Crippen molar-refractivity contribution in [2.24, 2.45) is 5.73 Å². The summed E-state index contributed by atoms with van der Waals surface area (Å²) in [6.07, 6.45) is 3.60. The highest BCUT2D eigenvalue weighted by Gasteiger charge is 2.42. The first kappa shape index (κ1) is 19.1. The molecule has 0 aromatic rings. The Bertz CT molecular complexity index is 400. The Hall–Kier alpha value is -0.250. The molecule has 5 N–H and O–H groups in total. The van der Waals surface area contributed by atoms with Gasteiger partial charge in [0.25, 0.3) is 0 Å². The summed E-state index contributed by atoms with van der Waals surface area (Å²) in [5.41, 5.74) is 5.41. The molecule has 23 heavy (non-hydrogen) atoms. The fraction of sp³-hybridized carbons (Fsp3) is 0.857. The van der Waals surface area contributed by atoms with Gasteiger partial charge >= 0.3 is 6.03 Å². The number of unbranched alkanes of at least 4 members (excludes halogenated alkanes) is 1. The lowest BCUT2D eigenvalue weighted by Gasteiger charge is -2.16. The summed E-state index contributed by atoms with van der Waals surface area (Å²) in [5, 5.41) is 9.39. The average Bonchev–Trinajstić information content (AvgIpc) is 3.07. The van der Waals surface area contributed by atoms with Gasteiger partial charge in [-0.1, -0.05) is 28.0 Å². The van der Waals surface area contributed by atoms with Crippen LogP contribution in [0.5, 0.6) is 0 Å². The first-order chi connectivity index (χ1) is 11.2. The molecule has 2 aliphatic rings. The smallest absolute Gasteiger partial charge is 0.315 e. The van der Waals surface area contributed by atoms with Gasteiger partial charge in [-0.3, -0.25) is 4.79 Å². The molecule has 0 bridgehead atoms. The van der Waals surface area contributed by atoms with Crippen LogP contribution in [0.2, 0.25) is 0 Å². The van der Waals surface area contributed by atoms with Crippen LogP contribution in [0.3, 0.4) is 0 Å². The van der Waals surface area contributed by atoms with E-state index in [1.165, 1.54) is 0 Å². The molecular weight excluding hydrogens is 352 g/mol. The molecule has 0 aromatic heterocycles. The number of amides is 3. The van der Waals surface area contributed by atoms with Gasteiger partial charge in [0, 0.05) is 42.0 Å². The monoisotopic (exact) mass is 378 g/mol. The number of hydrogen-bond acceptors (Lipinski definition) is 6. The van der Waals surface area contributed by atoms with E-state index in [4.69, 9.17) is 5.73 Å². The number of carbonyl (C=O) groups excluding carboxylic acids is 2. The first-order valence-corrected chi connectivity index (χ1v) is 11.6. The molecule has 6 nitrogen and oxygen atoms in total. The van der Waals surface area contributed by atoms with Crippen molar-refractivity contribution in [3.05, 3.63) is 0 Å². The fourth-order valence-electron chi connectivity index (χ4n) is 2.76. The summed E-state index contributed by atoms with van der Waals surface area (Å²) in [7, 11) is 3.50. The van der Waals surface area contributed by atoms with Crippen LogP contribution in [0.1, 0.15) is 25.7 Å². The van der Waals surface area contributed by atoms with E-state index in [-0.39, 0.29) is 24.0 Å². The molecule has 2 rings (SSSR count). The lowest BCUT2D eigenvalue weighted by molar-refractivity contribution is -0.121. The highest BCUT2D eigenvalue weighted by Crippen LogP contribution is 2.33. The van der Waals surface area contributed by atoms with E-state index < -0.39 is 0 Å². The predicted octanol–water partition coefficient (Wildman–Crippen LogP) is 1.17. The number of nitrogens with two attached hydrogens (primary N) is 1. The maximum atomic E-state index is 11.7. The van der Waals surface area contributed by atoms with Crippen LogP contribution in [0.4, 0.5) is 4.79 Å². The molecule has 3 amide bonds. The summed E-state index contributed by atoms with van der Waals surface area (Å²) in [4.78, 5) is 23.0. The zero-order valence-electron chi connectivity index (χ0n) is 13.2. The third kappa shape index (κ3) is 6.64. The number of fused-ring (bicyclic) bond motifs is 1. The number of carbonyl (C=O) groups is 2. The van der Waals surface area contributed by atoms with E-state index in [9.17, 15) is 9.59 Å². The van der Waals surface area contributed by atoms with Crippen LogP contribution in [-0.2, 0) is 4.79 Å². The van der Waals surface area contributed by atoms with Gasteiger partial charge in [-0.15, -0.1) is 0 Å². The second kappa shape index (κ2) is 10.6. The third-order valence-corrected chi connectivity index (χ3v) is 7.82. The van der Waals surface area contributed by atoms with E-state index in [1.54, 1.807) is 21.6 Å². The van der Waals surface area contributed by atoms with Crippen molar-refractivity contribution in [2.45, 2.75) is 43.0 Å². The third-order valence-electron chi connectivity index (χ3n) is 3.87. The van der Waals surface area contributed by atoms with Crippen LogP contribution in [-0.4, -0.2) is 59.6 Å². The molecule has 0 saturated carbocycles. The Morgan fingerprint density at radius 2 is 2.13 bits per heavy atom. The Kier molecular flexibility index (Phi) is 8.78. The van der Waals surface area contributed by atoms with Crippen LogP contribution in [0.15, 0.2) is 0 Å². The molecule has 3 atom stereocenters. The number of nitrogens with one attached hydrogen (secondary N) is 3. The van der Waals surface area contributed by atoms with Crippen molar-refractivity contribution in [2.75, 3.05) is 30.3 Å². The van der Waals surface area contributed by atoms with E-state index in [0.717, 1.165) is 43.1 Å². The number of rotatable bonds is 11. The van der Waals surface area contributed by atoms with Gasteiger partial charge < -0.3 is 21.7 Å². The largest absolute Gasteiger partial charge is 0.355 e. The zero-order chi connectivity index (χ0) is 16.5. The second-order valence-electron chi connectivity index (χ2n) is 5.65. The van der Waals surface area contributed by atoms with Crippen molar-refractivity contribution in [3.63, 3.8) is 0 Å². The average molecular weight is 379 g/mol. The Labute approximate surface area is 150 Å². The molecule has 0 spiro atoms. The summed E-state index contributed by atoms with van der Waals surface area (Å²) >= 11 is 1.93. The summed E-state index contributed by atoms with van der Waals surface area (Å²) in [5.74, 6) is 3.01. The molecule has 2 heterocycles. The minimum atomic E-state index is -0.0350. The molecule has 0 aliphatic carbocycles. The Morgan fingerprint density at radius 1 is 1.30 bits per heavy atom. The van der Waals surface area contributed by atoms with E-state index in [1.807, 2.05) is 11.8 Å². The van der Waals surface area contributed by atoms with E-state index in [0.29, 0.717) is 18.2 Å². The van der Waals surface area contributed by atoms with Crippen molar-refractivity contribution < 1.29 is 9.59 Å². The van der Waals surface area contributed by atoms with E-state index >= 15 is 0 Å². The molecule has 2 aliphatic heterocycles. The molecule has 2 saturated heterocycles. The van der Waals surface area contributed by atoms with Gasteiger partial charge in [0.15, 0.2) is 0 Å². The van der Waals surface area contributed by atoms with Crippen LogP contribution in [0, 0.1) is 0 Å². The van der Waals surface area contributed by atoms with Crippen LogP contribution in [0.25, 0.3) is 0 Å². The summed E-state index contributed by atoms with van der Waals surface area (Å²) in [6, 6.07) is 0.520. The van der Waals surface area contributed by atoms with Crippen molar-refractivity contribution in [3.8, 4) is 0 Å². The van der Waals surface area contributed by atoms with Gasteiger partial charge in [-0.05, 0) is 12.8 Å². The number of thioether (sulfide) groups is 1. The van der Waals surface area contributed by atoms with Crippen molar-refractivity contribution in [1.29, 1.82) is 0 Å². The molecule has 0 aromatic carbocycles. The molecule has 132 valence electrons. The Balaban J connectivity index is 1.46. The second-order valence-corrected chi connectivity index (χ2v) is 9.62. The topological polar surface area (TPSA) is 96.2 Å². The summed E-state index contributed by atoms with van der Waals surface area (Å²) < 4.78 is 0. The van der Waals surface area contributed by atoms with Crippen molar-refractivity contribution in [1.82, 2.24) is 16.0 Å². The van der Waals surface area contributed by atoms with Gasteiger partial charge in [0.1, 0.15) is 0 Å². The fourth-order valence-corrected chi connectivity index (χ4v) is 6.07. The zero-order valence-corrected chi connectivity index (χ0v) is 15.7. The van der Waals surface area contributed by atoms with Gasteiger partial charge in [-0.25, -0.2) is 4.79 Å². The molecule has 2 fully saturated rings. The van der Waals surface area contributed by atoms with Crippen LogP contribution >= 0.6 is 33.3 Å². The lowest BCUT2D eigenvalue weighted by Crippen LogP contribution is -2.36. The van der Waals surface area contributed by atoms with Crippen LogP contribution < -0.4 is 21.7 Å². The minimum absolute atomic E-state index is 0.0350. The van der Waals surface area contributed by atoms with Gasteiger partial charge in [0.2, 0.25) is 5.91 Å². The molecule has 0 unspecified atom stereocenters. The summed E-state index contributed by atoms with van der Waals surface area (Å²) in [6.45, 7) is 1.42. The van der Waals surface area contributed by atoms with Crippen molar-refractivity contribution >= 4 is 45.3 Å². The van der Waals surface area contributed by atoms with Gasteiger partial charge in [0.05, 0.1) is 12.1 Å². The molecular formula is C14H26N4O2S3. The molecule has 0 radical (unpaired) electrons. The maximum absolute atomic E-state index is 11.7. The minimum Gasteiger partial charge on any atom is -0.355 e. The maximum Gasteiger partial charge on any atom is 0.315 e. The van der Waals surface area contributed by atoms with Gasteiger partial charge in [-0.2, -0.15) is 11.8 Å². The first-order valence-electron chi connectivity index (χ1n) is 8.10. The SMILES string of the molecule is NCCSSCCNC(=O)CCCC[C@@H]1SC[C@@H]2NC(=O)N[C@@H]21. The number of hydrogen-bond donors (Lipinski definition) is 4. The highest BCUT2D eigenvalue weighted by atomic mass is 33.1.